The number of aryl methyl sites for hydroxylation is 1. The van der Waals surface area contributed by atoms with E-state index in [9.17, 15) is 12.8 Å². The molecular weight excluding hydrogens is 195 g/mol. The number of halogens is 1. The third kappa shape index (κ3) is 2.26. The standard InChI is InChI=1S/C8H9FO3S/c1-6-2-3-8(13(10,11)12)7(4-6)5-9/h2-4H,5H2,1H3,(H,10,11,12)/i5D. The Hall–Kier alpha value is -0.940. The molecule has 0 saturated carbocycles. The second kappa shape index (κ2) is 3.43. The van der Waals surface area contributed by atoms with Crippen LogP contribution in [0.25, 0.3) is 0 Å². The van der Waals surface area contributed by atoms with E-state index in [0.717, 1.165) is 6.07 Å². The van der Waals surface area contributed by atoms with Gasteiger partial charge < -0.3 is 0 Å². The van der Waals surface area contributed by atoms with E-state index in [1.165, 1.54) is 12.1 Å². The monoisotopic (exact) mass is 205 g/mol. The zero-order valence-electron chi connectivity index (χ0n) is 7.86. The lowest BCUT2D eigenvalue weighted by atomic mass is 10.1. The maximum atomic E-state index is 12.7. The van der Waals surface area contributed by atoms with Gasteiger partial charge in [-0.2, -0.15) is 8.42 Å². The van der Waals surface area contributed by atoms with Crippen LogP contribution in [0.1, 0.15) is 12.5 Å². The van der Waals surface area contributed by atoms with Crippen molar-refractivity contribution in [2.45, 2.75) is 18.5 Å². The van der Waals surface area contributed by atoms with Gasteiger partial charge in [0.25, 0.3) is 10.1 Å². The Morgan fingerprint density at radius 2 is 2.23 bits per heavy atom. The maximum absolute atomic E-state index is 12.7. The van der Waals surface area contributed by atoms with E-state index in [1.807, 2.05) is 0 Å². The van der Waals surface area contributed by atoms with Crippen molar-refractivity contribution >= 4 is 10.1 Å². The van der Waals surface area contributed by atoms with Crippen molar-refractivity contribution in [1.82, 2.24) is 0 Å². The number of hydrogen-bond acceptors (Lipinski definition) is 2. The highest BCUT2D eigenvalue weighted by atomic mass is 32.2. The number of benzene rings is 1. The summed E-state index contributed by atoms with van der Waals surface area (Å²) in [7, 11) is -4.46. The fourth-order valence-corrected chi connectivity index (χ4v) is 1.63. The zero-order chi connectivity index (χ0) is 10.9. The Morgan fingerprint density at radius 3 is 2.69 bits per heavy atom. The normalized spacial score (nSPS) is 15.2. The van der Waals surface area contributed by atoms with E-state index in [0.29, 0.717) is 5.56 Å². The quantitative estimate of drug-likeness (QED) is 0.748. The molecular formula is C8H9FO3S. The Bertz CT molecular complexity index is 442. The van der Waals surface area contributed by atoms with Gasteiger partial charge in [0.05, 0.1) is 6.27 Å². The first-order valence-corrected chi connectivity index (χ1v) is 4.91. The molecule has 3 nitrogen and oxygen atoms in total. The van der Waals surface area contributed by atoms with Crippen LogP contribution in [-0.4, -0.2) is 13.0 Å². The Balaban J connectivity index is 3.45. The Morgan fingerprint density at radius 1 is 1.62 bits per heavy atom. The molecule has 1 aromatic carbocycles. The highest BCUT2D eigenvalue weighted by Crippen LogP contribution is 2.17. The molecule has 0 spiro atoms. The Kier molecular flexibility index (Phi) is 2.28. The molecule has 1 N–H and O–H groups in total. The third-order valence-corrected chi connectivity index (χ3v) is 2.49. The van der Waals surface area contributed by atoms with Gasteiger partial charge in [-0.3, -0.25) is 4.55 Å². The molecule has 0 saturated heterocycles. The van der Waals surface area contributed by atoms with Gasteiger partial charge in [0.2, 0.25) is 0 Å². The second-order valence-corrected chi connectivity index (χ2v) is 4.02. The molecule has 1 aromatic rings. The summed E-state index contributed by atoms with van der Waals surface area (Å²) in [4.78, 5) is -0.550. The van der Waals surface area contributed by atoms with Crippen LogP contribution in [0, 0.1) is 6.92 Å². The summed E-state index contributed by atoms with van der Waals surface area (Å²) in [5, 5.41) is 0. The average Bonchev–Trinajstić information content (AvgIpc) is 2.01. The minimum absolute atomic E-state index is 0.340. The zero-order valence-corrected chi connectivity index (χ0v) is 7.68. The number of alkyl halides is 1. The lowest BCUT2D eigenvalue weighted by Crippen LogP contribution is -2.02. The van der Waals surface area contributed by atoms with Crippen molar-refractivity contribution in [3.63, 3.8) is 0 Å². The molecule has 1 atom stereocenters. The molecule has 0 aromatic heterocycles. The SMILES string of the molecule is [2H]C(F)c1cc(C)ccc1S(=O)(=O)O. The van der Waals surface area contributed by atoms with E-state index in [-0.39, 0.29) is 5.56 Å². The van der Waals surface area contributed by atoms with Crippen molar-refractivity contribution in [3.8, 4) is 0 Å². The molecule has 13 heavy (non-hydrogen) atoms. The molecule has 0 bridgehead atoms. The average molecular weight is 205 g/mol. The van der Waals surface area contributed by atoms with Crippen molar-refractivity contribution in [2.24, 2.45) is 0 Å². The fraction of sp³-hybridized carbons (Fsp3) is 0.250. The highest BCUT2D eigenvalue weighted by Gasteiger charge is 2.14. The summed E-state index contributed by atoms with van der Waals surface area (Å²) < 4.78 is 49.8. The van der Waals surface area contributed by atoms with Gasteiger partial charge in [0, 0.05) is 5.56 Å². The van der Waals surface area contributed by atoms with Gasteiger partial charge >= 0.3 is 0 Å². The minimum Gasteiger partial charge on any atom is -0.282 e. The molecule has 0 fully saturated rings. The second-order valence-electron chi connectivity index (χ2n) is 2.63. The molecule has 0 aliphatic rings. The van der Waals surface area contributed by atoms with Gasteiger partial charge in [-0.05, 0) is 13.0 Å². The molecule has 0 aliphatic heterocycles. The summed E-state index contributed by atoms with van der Waals surface area (Å²) in [6.07, 6.45) is 0. The van der Waals surface area contributed by atoms with Gasteiger partial charge in [0.15, 0.2) is 0 Å². The summed E-state index contributed by atoms with van der Waals surface area (Å²) in [6.45, 7) is -0.536. The summed E-state index contributed by atoms with van der Waals surface area (Å²) >= 11 is 0. The van der Waals surface area contributed by atoms with Gasteiger partial charge in [-0.1, -0.05) is 17.7 Å². The fourth-order valence-electron chi connectivity index (χ4n) is 0.988. The predicted octanol–water partition coefficient (Wildman–Crippen LogP) is 1.71. The van der Waals surface area contributed by atoms with Crippen LogP contribution in [0.5, 0.6) is 0 Å². The summed E-state index contributed by atoms with van der Waals surface area (Å²) in [5.74, 6) is 0. The lowest BCUT2D eigenvalue weighted by molar-refractivity contribution is 0.462. The van der Waals surface area contributed by atoms with Crippen LogP contribution < -0.4 is 0 Å². The van der Waals surface area contributed by atoms with Crippen molar-refractivity contribution in [1.29, 1.82) is 0 Å². The van der Waals surface area contributed by atoms with E-state index in [2.05, 4.69) is 0 Å². The summed E-state index contributed by atoms with van der Waals surface area (Å²) in [5.41, 5.74) is 0.287. The molecule has 1 unspecified atom stereocenters. The molecule has 0 aliphatic carbocycles. The van der Waals surface area contributed by atoms with Crippen LogP contribution in [0.4, 0.5) is 4.39 Å². The van der Waals surface area contributed by atoms with Crippen LogP contribution in [0.2, 0.25) is 0 Å². The number of hydrogen-bond donors (Lipinski definition) is 1. The smallest absolute Gasteiger partial charge is 0.282 e. The first-order valence-electron chi connectivity index (χ1n) is 4.04. The molecule has 5 heteroatoms. The molecule has 0 amide bonds. The predicted molar refractivity (Wildman–Crippen MR) is 45.8 cm³/mol. The third-order valence-electron chi connectivity index (χ3n) is 1.56. The maximum Gasteiger partial charge on any atom is 0.294 e. The lowest BCUT2D eigenvalue weighted by Gasteiger charge is -2.03. The molecule has 1 rings (SSSR count). The largest absolute Gasteiger partial charge is 0.294 e. The number of rotatable bonds is 2. The van der Waals surface area contributed by atoms with Crippen molar-refractivity contribution in [2.75, 3.05) is 0 Å². The van der Waals surface area contributed by atoms with Gasteiger partial charge in [-0.25, -0.2) is 4.39 Å². The minimum atomic E-state index is -4.46. The van der Waals surface area contributed by atoms with Crippen molar-refractivity contribution < 1.29 is 18.7 Å². The topological polar surface area (TPSA) is 54.4 Å². The molecule has 72 valence electrons. The van der Waals surface area contributed by atoms with Gasteiger partial charge in [-0.15, -0.1) is 0 Å². The van der Waals surface area contributed by atoms with E-state index < -0.39 is 21.7 Å². The summed E-state index contributed by atoms with van der Waals surface area (Å²) in [6, 6.07) is 3.73. The Labute approximate surface area is 77.4 Å². The van der Waals surface area contributed by atoms with Crippen LogP contribution in [-0.2, 0) is 16.8 Å². The van der Waals surface area contributed by atoms with Crippen LogP contribution >= 0.6 is 0 Å². The molecule has 0 radical (unpaired) electrons. The van der Waals surface area contributed by atoms with Crippen molar-refractivity contribution in [3.05, 3.63) is 29.3 Å². The highest BCUT2D eigenvalue weighted by molar-refractivity contribution is 7.85. The molecule has 0 heterocycles. The van der Waals surface area contributed by atoms with Crippen LogP contribution in [0.3, 0.4) is 0 Å². The first kappa shape index (κ1) is 8.65. The van der Waals surface area contributed by atoms with E-state index in [4.69, 9.17) is 5.92 Å². The van der Waals surface area contributed by atoms with Gasteiger partial charge in [0.1, 0.15) is 6.65 Å². The van der Waals surface area contributed by atoms with E-state index >= 15 is 0 Å². The van der Waals surface area contributed by atoms with Crippen LogP contribution in [0.15, 0.2) is 23.1 Å². The first-order chi connectivity index (χ1) is 6.32. The van der Waals surface area contributed by atoms with E-state index in [1.54, 1.807) is 6.92 Å².